The number of halogens is 3. The van der Waals surface area contributed by atoms with Crippen LogP contribution in [0.5, 0.6) is 0 Å². The Labute approximate surface area is 65.9 Å². The molecule has 0 aliphatic rings. The summed E-state index contributed by atoms with van der Waals surface area (Å²) in [7, 11) is 0. The number of hydrogen-bond donors (Lipinski definition) is 0. The van der Waals surface area contributed by atoms with Gasteiger partial charge in [-0.15, -0.1) is 0 Å². The second-order valence-corrected chi connectivity index (χ2v) is 0. The van der Waals surface area contributed by atoms with E-state index in [9.17, 15) is 0 Å². The first kappa shape index (κ1) is 40.1. The van der Waals surface area contributed by atoms with Gasteiger partial charge >= 0.3 is 0 Å². The molecule has 0 unspecified atom stereocenters. The van der Waals surface area contributed by atoms with Crippen LogP contribution in [0.25, 0.3) is 0 Å². The zero-order valence-electron chi connectivity index (χ0n) is 1.54. The standard InChI is InChI=1S/3ClH.Pu/h3*1H;/p-3. The predicted molar refractivity (Wildman–Crippen MR) is 0 cm³/mol. The molecule has 30 valence electrons. The van der Waals surface area contributed by atoms with Crippen molar-refractivity contribution in [2.75, 3.05) is 0 Å². The van der Waals surface area contributed by atoms with Gasteiger partial charge in [0.2, 0.25) is 0 Å². The largest absolute Gasteiger partial charge is 1.00 e. The fraction of sp³-hybridized carbons (Fsp3) is 0. The van der Waals surface area contributed by atoms with Crippen molar-refractivity contribution in [3.8, 4) is 0 Å². The van der Waals surface area contributed by atoms with Gasteiger partial charge in [-0.2, -0.15) is 0 Å². The number of rotatable bonds is 0. The van der Waals surface area contributed by atoms with Gasteiger partial charge in [0, 0.05) is 29.2 Å². The van der Waals surface area contributed by atoms with Crippen LogP contribution in [0.15, 0.2) is 0 Å². The average Bonchev–Trinajstić information content (AvgIpc) is 0. The fourth-order valence-corrected chi connectivity index (χ4v) is 0. The maximum absolute atomic E-state index is 0. The van der Waals surface area contributed by atoms with E-state index in [4.69, 9.17) is 0 Å². The molecule has 0 amide bonds. The zero-order chi connectivity index (χ0) is 0. The molecule has 0 aliphatic heterocycles. The van der Waals surface area contributed by atoms with Crippen molar-refractivity contribution in [2.45, 2.75) is 0 Å². The molecule has 0 rings (SSSR count). The van der Waals surface area contributed by atoms with E-state index in [1.54, 1.807) is 0 Å². The predicted octanol–water partition coefficient (Wildman–Crippen LogP) is -8.99. The van der Waals surface area contributed by atoms with Gasteiger partial charge < -0.3 is 37.2 Å². The van der Waals surface area contributed by atoms with Gasteiger partial charge in [0.15, 0.2) is 0 Å². The second-order valence-electron chi connectivity index (χ2n) is 0. The molecular formula is Cl3Pu-3. The van der Waals surface area contributed by atoms with Gasteiger partial charge in [0.05, 0.1) is 0 Å². The van der Waals surface area contributed by atoms with Crippen molar-refractivity contribution in [3.05, 3.63) is 0 Å². The van der Waals surface area contributed by atoms with Crippen LogP contribution in [0.3, 0.4) is 0 Å². The van der Waals surface area contributed by atoms with Gasteiger partial charge in [-0.3, -0.25) is 0 Å². The molecule has 0 fully saturated rings. The van der Waals surface area contributed by atoms with Crippen molar-refractivity contribution in [1.29, 1.82) is 0 Å². The molecule has 0 heterocycles. The summed E-state index contributed by atoms with van der Waals surface area (Å²) < 4.78 is 0. The molecule has 4 heteroatoms. The van der Waals surface area contributed by atoms with Crippen LogP contribution >= 0.6 is 0 Å². The van der Waals surface area contributed by atoms with E-state index >= 15 is 0 Å². The first-order valence-corrected chi connectivity index (χ1v) is 0. The molecule has 0 saturated carbocycles. The first-order valence-electron chi connectivity index (χ1n) is 0. The molecule has 0 spiro atoms. The summed E-state index contributed by atoms with van der Waals surface area (Å²) in [4.78, 5) is 0. The molecular weight excluding hydrogens is 350 g/mol. The summed E-state index contributed by atoms with van der Waals surface area (Å²) in [5.74, 6) is 0. The molecule has 0 saturated heterocycles. The van der Waals surface area contributed by atoms with Gasteiger partial charge in [-0.05, 0) is 0 Å². The van der Waals surface area contributed by atoms with E-state index in [0.717, 1.165) is 0 Å². The van der Waals surface area contributed by atoms with Crippen molar-refractivity contribution in [3.63, 3.8) is 0 Å². The molecule has 0 aromatic heterocycles. The Balaban J connectivity index is 0. The minimum Gasteiger partial charge on any atom is -1.00 e. The van der Waals surface area contributed by atoms with Crippen LogP contribution < -0.4 is 37.2 Å². The zero-order valence-corrected chi connectivity index (χ0v) is 7.21. The van der Waals surface area contributed by atoms with Crippen LogP contribution in [0.1, 0.15) is 0 Å². The molecule has 0 N–H and O–H groups in total. The summed E-state index contributed by atoms with van der Waals surface area (Å²) >= 11 is 0. The Bertz CT molecular complexity index is 3.25. The van der Waals surface area contributed by atoms with E-state index in [1.165, 1.54) is 0 Å². The molecule has 0 nitrogen and oxygen atoms in total. The molecule has 0 radical (unpaired) electrons. The topological polar surface area (TPSA) is 0 Å². The molecule has 0 atom stereocenters. The minimum absolute atomic E-state index is 0. The SMILES string of the molecule is [Cl-].[Cl-].[Cl-].[Pu]. The third-order valence-corrected chi connectivity index (χ3v) is 0. The molecule has 0 aromatic carbocycles. The van der Waals surface area contributed by atoms with Crippen LogP contribution in [0, 0.1) is 29.2 Å². The average molecular weight is 350 g/mol. The van der Waals surface area contributed by atoms with Crippen molar-refractivity contribution < 1.29 is 66.4 Å². The Hall–Kier alpha value is 1.86. The molecule has 0 bridgehead atoms. The Kier molecular flexibility index (Phi) is 210. The van der Waals surface area contributed by atoms with Crippen LogP contribution in [-0.2, 0) is 0 Å². The van der Waals surface area contributed by atoms with Crippen molar-refractivity contribution in [1.82, 2.24) is 0 Å². The van der Waals surface area contributed by atoms with E-state index in [1.807, 2.05) is 0 Å². The second kappa shape index (κ2) is 21.0. The van der Waals surface area contributed by atoms with Gasteiger partial charge in [-0.1, -0.05) is 0 Å². The summed E-state index contributed by atoms with van der Waals surface area (Å²) in [6.07, 6.45) is 0. The molecule has 0 aliphatic carbocycles. The maximum Gasteiger partial charge on any atom is 0 e. The van der Waals surface area contributed by atoms with Crippen molar-refractivity contribution >= 4 is 0 Å². The van der Waals surface area contributed by atoms with Gasteiger partial charge in [0.1, 0.15) is 0 Å². The first-order chi connectivity index (χ1) is 0. The Morgan fingerprint density at radius 1 is 0.500 bits per heavy atom. The monoisotopic (exact) mass is 343 g/mol. The normalized spacial score (nSPS) is 0. The van der Waals surface area contributed by atoms with Gasteiger partial charge in [0.25, 0.3) is 0 Å². The smallest absolute Gasteiger partial charge is 0 e. The third-order valence-electron chi connectivity index (χ3n) is 0. The van der Waals surface area contributed by atoms with Crippen molar-refractivity contribution in [2.24, 2.45) is 0 Å². The summed E-state index contributed by atoms with van der Waals surface area (Å²) in [5.41, 5.74) is 0. The van der Waals surface area contributed by atoms with E-state index in [2.05, 4.69) is 0 Å². The summed E-state index contributed by atoms with van der Waals surface area (Å²) in [6, 6.07) is 0. The maximum atomic E-state index is 0. The molecule has 0 aromatic rings. The van der Waals surface area contributed by atoms with Crippen LogP contribution in [0.4, 0.5) is 0 Å². The Morgan fingerprint density at radius 3 is 0.500 bits per heavy atom. The summed E-state index contributed by atoms with van der Waals surface area (Å²) in [6.45, 7) is 0. The fourth-order valence-electron chi connectivity index (χ4n) is 0. The summed E-state index contributed by atoms with van der Waals surface area (Å²) in [5, 5.41) is 0. The minimum atomic E-state index is 0. The van der Waals surface area contributed by atoms with Crippen LogP contribution in [0.2, 0.25) is 0 Å². The Morgan fingerprint density at radius 2 is 0.500 bits per heavy atom. The third kappa shape index (κ3) is 9.13. The number of hydrogen-bond acceptors (Lipinski definition) is 0. The molecule has 4 heavy (non-hydrogen) atoms. The van der Waals surface area contributed by atoms with E-state index in [0.29, 0.717) is 0 Å². The quantitative estimate of drug-likeness (QED) is 0.407. The van der Waals surface area contributed by atoms with E-state index in [-0.39, 0.29) is 66.4 Å². The van der Waals surface area contributed by atoms with Gasteiger partial charge in [-0.25, -0.2) is 0 Å². The van der Waals surface area contributed by atoms with Crippen LogP contribution in [-0.4, -0.2) is 0 Å². The van der Waals surface area contributed by atoms with E-state index < -0.39 is 0 Å².